The van der Waals surface area contributed by atoms with Gasteiger partial charge in [0, 0.05) is 12.6 Å². The van der Waals surface area contributed by atoms with Crippen molar-refractivity contribution in [1.82, 2.24) is 5.32 Å². The molecule has 1 amide bonds. The zero-order valence-corrected chi connectivity index (χ0v) is 20.0. The number of methoxy groups -OCH3 is 3. The summed E-state index contributed by atoms with van der Waals surface area (Å²) in [6.45, 7) is 3.59. The second-order valence-electron chi connectivity index (χ2n) is 7.24. The van der Waals surface area contributed by atoms with Crippen molar-refractivity contribution in [2.24, 2.45) is 0 Å². The fourth-order valence-electron chi connectivity index (χ4n) is 2.93. The molecule has 0 unspecified atom stereocenters. The normalized spacial score (nSPS) is 11.1. The first-order valence-electron chi connectivity index (χ1n) is 9.89. The Bertz CT molecular complexity index is 1040. The van der Waals surface area contributed by atoms with Crippen molar-refractivity contribution in [2.75, 3.05) is 38.4 Å². The van der Waals surface area contributed by atoms with Crippen LogP contribution in [0.2, 0.25) is 0 Å². The van der Waals surface area contributed by atoms with Gasteiger partial charge in [0.05, 0.1) is 39.4 Å². The zero-order valence-electron chi connectivity index (χ0n) is 19.2. The molecule has 0 radical (unpaired) electrons. The minimum Gasteiger partial charge on any atom is -0.497 e. The van der Waals surface area contributed by atoms with Gasteiger partial charge in [-0.05, 0) is 43.7 Å². The van der Waals surface area contributed by atoms with Crippen molar-refractivity contribution in [1.29, 1.82) is 0 Å². The zero-order chi connectivity index (χ0) is 23.9. The molecule has 32 heavy (non-hydrogen) atoms. The Labute approximate surface area is 189 Å². The summed E-state index contributed by atoms with van der Waals surface area (Å²) < 4.78 is 47.4. The van der Waals surface area contributed by atoms with Crippen molar-refractivity contribution in [3.05, 3.63) is 42.0 Å². The molecule has 0 heterocycles. The smallest absolute Gasteiger partial charge is 0.241 e. The summed E-state index contributed by atoms with van der Waals surface area (Å²) in [4.78, 5) is 12.6. The quantitative estimate of drug-likeness (QED) is 0.543. The lowest BCUT2D eigenvalue weighted by Crippen LogP contribution is -2.40. The van der Waals surface area contributed by atoms with Crippen LogP contribution in [0.1, 0.15) is 19.4 Å². The predicted molar refractivity (Wildman–Crippen MR) is 122 cm³/mol. The van der Waals surface area contributed by atoms with E-state index in [9.17, 15) is 13.2 Å². The van der Waals surface area contributed by atoms with Crippen LogP contribution >= 0.6 is 0 Å². The fourth-order valence-corrected chi connectivity index (χ4v) is 3.78. The number of ether oxygens (including phenoxy) is 4. The molecule has 2 rings (SSSR count). The number of carbonyl (C=O) groups excluding carboxylic acids is 1. The first-order chi connectivity index (χ1) is 15.1. The van der Waals surface area contributed by atoms with Gasteiger partial charge in [0.2, 0.25) is 15.9 Å². The molecule has 0 aliphatic carbocycles. The molecule has 0 saturated heterocycles. The second kappa shape index (κ2) is 10.9. The van der Waals surface area contributed by atoms with E-state index in [-0.39, 0.29) is 18.3 Å². The molecule has 176 valence electrons. The molecule has 0 fully saturated rings. The summed E-state index contributed by atoms with van der Waals surface area (Å²) >= 11 is 0. The van der Waals surface area contributed by atoms with Gasteiger partial charge in [-0.3, -0.25) is 9.10 Å². The van der Waals surface area contributed by atoms with Crippen molar-refractivity contribution in [3.63, 3.8) is 0 Å². The van der Waals surface area contributed by atoms with E-state index in [1.54, 1.807) is 30.3 Å². The number of nitrogens with zero attached hydrogens (tertiary/aromatic N) is 1. The number of hydrogen-bond donors (Lipinski definition) is 1. The molecule has 0 atom stereocenters. The Morgan fingerprint density at radius 2 is 1.62 bits per heavy atom. The molecular weight excluding hydrogens is 436 g/mol. The number of hydrogen-bond acceptors (Lipinski definition) is 7. The third kappa shape index (κ3) is 6.68. The van der Waals surface area contributed by atoms with Gasteiger partial charge in [0.1, 0.15) is 18.0 Å². The van der Waals surface area contributed by atoms with Gasteiger partial charge in [-0.2, -0.15) is 0 Å². The van der Waals surface area contributed by atoms with E-state index >= 15 is 0 Å². The average molecular weight is 467 g/mol. The molecule has 0 saturated carbocycles. The summed E-state index contributed by atoms with van der Waals surface area (Å²) in [6, 6.07) is 10.1. The molecule has 9 nitrogen and oxygen atoms in total. The lowest BCUT2D eigenvalue weighted by Gasteiger charge is -2.24. The van der Waals surface area contributed by atoms with E-state index in [0.717, 1.165) is 16.1 Å². The molecule has 0 spiro atoms. The van der Waals surface area contributed by atoms with E-state index in [1.807, 2.05) is 13.8 Å². The number of carbonyl (C=O) groups is 1. The van der Waals surface area contributed by atoms with E-state index in [4.69, 9.17) is 18.9 Å². The molecule has 2 aromatic carbocycles. The molecule has 0 aromatic heterocycles. The Hall–Kier alpha value is -3.14. The highest BCUT2D eigenvalue weighted by Gasteiger charge is 2.24. The first kappa shape index (κ1) is 25.1. The van der Waals surface area contributed by atoms with Crippen LogP contribution in [0.3, 0.4) is 0 Å². The number of benzene rings is 2. The Morgan fingerprint density at radius 3 is 2.19 bits per heavy atom. The molecule has 1 N–H and O–H groups in total. The maximum Gasteiger partial charge on any atom is 0.241 e. The highest BCUT2D eigenvalue weighted by atomic mass is 32.2. The number of sulfonamides is 1. The van der Waals surface area contributed by atoms with Crippen molar-refractivity contribution in [2.45, 2.75) is 26.5 Å². The van der Waals surface area contributed by atoms with Crippen molar-refractivity contribution in [3.8, 4) is 23.0 Å². The van der Waals surface area contributed by atoms with Crippen LogP contribution < -0.4 is 28.6 Å². The van der Waals surface area contributed by atoms with Gasteiger partial charge >= 0.3 is 0 Å². The van der Waals surface area contributed by atoms with Crippen LogP contribution in [0.15, 0.2) is 36.4 Å². The third-order valence-electron chi connectivity index (χ3n) is 4.42. The van der Waals surface area contributed by atoms with Crippen LogP contribution in [0.4, 0.5) is 5.69 Å². The van der Waals surface area contributed by atoms with E-state index in [0.29, 0.717) is 23.0 Å². The third-order valence-corrected chi connectivity index (χ3v) is 5.55. The van der Waals surface area contributed by atoms with Crippen LogP contribution in [-0.4, -0.2) is 54.6 Å². The Morgan fingerprint density at radius 1 is 0.969 bits per heavy atom. The number of anilines is 1. The lowest BCUT2D eigenvalue weighted by molar-refractivity contribution is -0.119. The topological polar surface area (TPSA) is 103 Å². The molecule has 0 aliphatic rings. The fraction of sp³-hybridized carbons (Fsp3) is 0.409. The summed E-state index contributed by atoms with van der Waals surface area (Å²) in [5.41, 5.74) is 0.984. The number of rotatable bonds is 11. The van der Waals surface area contributed by atoms with Crippen LogP contribution in [0, 0.1) is 0 Å². The number of amides is 1. The summed E-state index contributed by atoms with van der Waals surface area (Å²) in [5, 5.41) is 2.74. The molecule has 10 heteroatoms. The number of nitrogens with one attached hydrogen (secondary N) is 1. The maximum absolute atomic E-state index is 12.6. The summed E-state index contributed by atoms with van der Waals surface area (Å²) in [6.07, 6.45) is 1.02. The van der Waals surface area contributed by atoms with Crippen molar-refractivity contribution < 1.29 is 32.2 Å². The van der Waals surface area contributed by atoms with E-state index < -0.39 is 22.5 Å². The highest BCUT2D eigenvalue weighted by molar-refractivity contribution is 7.92. The molecular formula is C22H30N2O7S. The van der Waals surface area contributed by atoms with Crippen molar-refractivity contribution >= 4 is 21.6 Å². The van der Waals surface area contributed by atoms with Gasteiger partial charge in [-0.25, -0.2) is 8.42 Å². The minimum absolute atomic E-state index is 0.00923. The van der Waals surface area contributed by atoms with Gasteiger partial charge in [0.25, 0.3) is 0 Å². The molecule has 2 aromatic rings. The van der Waals surface area contributed by atoms with Crippen LogP contribution in [-0.2, 0) is 21.4 Å². The Balaban J connectivity index is 2.18. The SMILES string of the molecule is COc1ccc(OC)c(N(CC(=O)NCc2ccc(OC(C)C)c(OC)c2)S(C)(=O)=O)c1. The van der Waals surface area contributed by atoms with E-state index in [2.05, 4.69) is 5.32 Å². The van der Waals surface area contributed by atoms with Gasteiger partial charge in [-0.15, -0.1) is 0 Å². The highest BCUT2D eigenvalue weighted by Crippen LogP contribution is 2.33. The largest absolute Gasteiger partial charge is 0.497 e. The van der Waals surface area contributed by atoms with Crippen LogP contribution in [0.5, 0.6) is 23.0 Å². The van der Waals surface area contributed by atoms with Gasteiger partial charge < -0.3 is 24.3 Å². The molecule has 0 bridgehead atoms. The standard InChI is InChI=1S/C22H30N2O7S/c1-15(2)31-20-9-7-16(11-21(20)30-5)13-23-22(25)14-24(32(6,26)27)18-12-17(28-3)8-10-19(18)29-4/h7-12,15H,13-14H2,1-6H3,(H,23,25). The second-order valence-corrected chi connectivity index (χ2v) is 9.14. The first-order valence-corrected chi connectivity index (χ1v) is 11.7. The predicted octanol–water partition coefficient (Wildman–Crippen LogP) is 2.58. The Kier molecular flexibility index (Phi) is 8.59. The monoisotopic (exact) mass is 466 g/mol. The van der Waals surface area contributed by atoms with Gasteiger partial charge in [-0.1, -0.05) is 6.07 Å². The summed E-state index contributed by atoms with van der Waals surface area (Å²) in [5.74, 6) is 1.40. The summed E-state index contributed by atoms with van der Waals surface area (Å²) in [7, 11) is 0.647. The molecule has 0 aliphatic heterocycles. The average Bonchev–Trinajstić information content (AvgIpc) is 2.75. The maximum atomic E-state index is 12.6. The minimum atomic E-state index is -3.78. The lowest BCUT2D eigenvalue weighted by atomic mass is 10.2. The van der Waals surface area contributed by atoms with E-state index in [1.165, 1.54) is 27.4 Å². The van der Waals surface area contributed by atoms with Gasteiger partial charge in [0.15, 0.2) is 11.5 Å². The van der Waals surface area contributed by atoms with Crippen LogP contribution in [0.25, 0.3) is 0 Å².